The van der Waals surface area contributed by atoms with E-state index in [1.165, 1.54) is 11.3 Å². The number of thiazole rings is 1. The topological polar surface area (TPSA) is 74.4 Å². The van der Waals surface area contributed by atoms with E-state index < -0.39 is 0 Å². The van der Waals surface area contributed by atoms with E-state index in [1.54, 1.807) is 0 Å². The molecule has 1 aromatic carbocycles. The standard InChI is InChI=1S/C14H14N2O3S/c15-13(17)7-14-16-10(8-20-14)9-2-3-11-12(6-9)19-5-1-4-18-11/h2-3,6,8H,1,4-5,7H2,(H2,15,17). The Bertz CT molecular complexity index is 639. The molecule has 0 radical (unpaired) electrons. The molecule has 1 aliphatic rings. The number of benzene rings is 1. The highest BCUT2D eigenvalue weighted by Crippen LogP contribution is 2.34. The maximum Gasteiger partial charge on any atom is 0.224 e. The third-order valence-electron chi connectivity index (χ3n) is 2.92. The predicted octanol–water partition coefficient (Wildman–Crippen LogP) is 2.00. The van der Waals surface area contributed by atoms with Crippen LogP contribution in [0, 0.1) is 0 Å². The Morgan fingerprint density at radius 3 is 2.90 bits per heavy atom. The number of fused-ring (bicyclic) bond motifs is 1. The van der Waals surface area contributed by atoms with Crippen molar-refractivity contribution in [3.05, 3.63) is 28.6 Å². The van der Waals surface area contributed by atoms with Gasteiger partial charge >= 0.3 is 0 Å². The molecule has 0 unspecified atom stereocenters. The summed E-state index contributed by atoms with van der Waals surface area (Å²) in [6.45, 7) is 1.33. The van der Waals surface area contributed by atoms with Crippen LogP contribution in [-0.4, -0.2) is 24.1 Å². The van der Waals surface area contributed by atoms with Gasteiger partial charge in [-0.05, 0) is 18.2 Å². The number of amides is 1. The molecule has 6 heteroatoms. The van der Waals surface area contributed by atoms with Crippen molar-refractivity contribution in [1.29, 1.82) is 0 Å². The van der Waals surface area contributed by atoms with Crippen LogP contribution in [0.25, 0.3) is 11.3 Å². The summed E-state index contributed by atoms with van der Waals surface area (Å²) in [5.74, 6) is 1.13. The number of carbonyl (C=O) groups is 1. The highest BCUT2D eigenvalue weighted by Gasteiger charge is 2.13. The van der Waals surface area contributed by atoms with Crippen molar-refractivity contribution in [1.82, 2.24) is 4.98 Å². The molecule has 1 aliphatic heterocycles. The molecule has 0 atom stereocenters. The quantitative estimate of drug-likeness (QED) is 0.938. The summed E-state index contributed by atoms with van der Waals surface area (Å²) in [7, 11) is 0. The molecule has 0 saturated carbocycles. The molecule has 2 heterocycles. The molecule has 0 saturated heterocycles. The second-order valence-corrected chi connectivity index (χ2v) is 5.42. The molecule has 5 nitrogen and oxygen atoms in total. The van der Waals surface area contributed by atoms with E-state index in [4.69, 9.17) is 15.2 Å². The second kappa shape index (κ2) is 5.50. The van der Waals surface area contributed by atoms with Crippen molar-refractivity contribution < 1.29 is 14.3 Å². The van der Waals surface area contributed by atoms with E-state index in [1.807, 2.05) is 23.6 Å². The monoisotopic (exact) mass is 290 g/mol. The third kappa shape index (κ3) is 2.75. The van der Waals surface area contributed by atoms with Crippen molar-refractivity contribution in [3.8, 4) is 22.8 Å². The van der Waals surface area contributed by atoms with E-state index in [-0.39, 0.29) is 12.3 Å². The van der Waals surface area contributed by atoms with Gasteiger partial charge in [-0.3, -0.25) is 4.79 Å². The number of nitrogens with zero attached hydrogens (tertiary/aromatic N) is 1. The molecule has 104 valence electrons. The van der Waals surface area contributed by atoms with Gasteiger partial charge in [0.25, 0.3) is 0 Å². The maximum absolute atomic E-state index is 10.9. The normalized spacial score (nSPS) is 13.8. The molecular weight excluding hydrogens is 276 g/mol. The third-order valence-corrected chi connectivity index (χ3v) is 3.77. The number of hydrogen-bond acceptors (Lipinski definition) is 5. The summed E-state index contributed by atoms with van der Waals surface area (Å²) < 4.78 is 11.3. The molecule has 1 amide bonds. The summed E-state index contributed by atoms with van der Waals surface area (Å²) in [5, 5.41) is 2.64. The number of primary amides is 1. The Hall–Kier alpha value is -2.08. The number of aromatic nitrogens is 1. The van der Waals surface area contributed by atoms with Crippen molar-refractivity contribution in [2.24, 2.45) is 5.73 Å². The van der Waals surface area contributed by atoms with Crippen LogP contribution in [0.2, 0.25) is 0 Å². The van der Waals surface area contributed by atoms with E-state index in [0.717, 1.165) is 34.2 Å². The van der Waals surface area contributed by atoms with E-state index in [2.05, 4.69) is 4.98 Å². The molecule has 2 aromatic rings. The average Bonchev–Trinajstić information content (AvgIpc) is 2.74. The van der Waals surface area contributed by atoms with Gasteiger partial charge in [0, 0.05) is 17.4 Å². The molecule has 0 bridgehead atoms. The van der Waals surface area contributed by atoms with Gasteiger partial charge in [-0.15, -0.1) is 11.3 Å². The second-order valence-electron chi connectivity index (χ2n) is 4.48. The van der Waals surface area contributed by atoms with Crippen molar-refractivity contribution in [3.63, 3.8) is 0 Å². The molecule has 0 spiro atoms. The molecule has 2 N–H and O–H groups in total. The fourth-order valence-corrected chi connectivity index (χ4v) is 2.81. The van der Waals surface area contributed by atoms with Crippen molar-refractivity contribution in [2.45, 2.75) is 12.8 Å². The Morgan fingerprint density at radius 1 is 1.30 bits per heavy atom. The van der Waals surface area contributed by atoms with Crippen LogP contribution in [0.1, 0.15) is 11.4 Å². The zero-order valence-electron chi connectivity index (χ0n) is 10.8. The van der Waals surface area contributed by atoms with Crippen LogP contribution in [0.3, 0.4) is 0 Å². The lowest BCUT2D eigenvalue weighted by atomic mass is 10.1. The minimum absolute atomic E-state index is 0.176. The maximum atomic E-state index is 10.9. The predicted molar refractivity (Wildman–Crippen MR) is 76.1 cm³/mol. The first kappa shape index (κ1) is 12.9. The van der Waals surface area contributed by atoms with Gasteiger partial charge in [0.15, 0.2) is 11.5 Å². The lowest BCUT2D eigenvalue weighted by molar-refractivity contribution is -0.117. The smallest absolute Gasteiger partial charge is 0.224 e. The fraction of sp³-hybridized carbons (Fsp3) is 0.286. The highest BCUT2D eigenvalue weighted by molar-refractivity contribution is 7.10. The Labute approximate surface area is 120 Å². The molecular formula is C14H14N2O3S. The molecule has 1 aromatic heterocycles. The van der Waals surface area contributed by atoms with Crippen LogP contribution in [0.5, 0.6) is 11.5 Å². The first-order chi connectivity index (χ1) is 9.72. The Morgan fingerprint density at radius 2 is 2.10 bits per heavy atom. The Balaban J connectivity index is 1.88. The molecule has 3 rings (SSSR count). The lowest BCUT2D eigenvalue weighted by Crippen LogP contribution is -2.13. The van der Waals surface area contributed by atoms with Gasteiger partial charge in [-0.1, -0.05) is 0 Å². The first-order valence-electron chi connectivity index (χ1n) is 6.35. The summed E-state index contributed by atoms with van der Waals surface area (Å²) in [4.78, 5) is 15.3. The number of hydrogen-bond donors (Lipinski definition) is 1. The van der Waals surface area contributed by atoms with E-state index in [0.29, 0.717) is 13.2 Å². The summed E-state index contributed by atoms with van der Waals surface area (Å²) >= 11 is 1.43. The largest absolute Gasteiger partial charge is 0.490 e. The number of rotatable bonds is 3. The van der Waals surface area contributed by atoms with Crippen molar-refractivity contribution in [2.75, 3.05) is 13.2 Å². The highest BCUT2D eigenvalue weighted by atomic mass is 32.1. The minimum Gasteiger partial charge on any atom is -0.490 e. The minimum atomic E-state index is -0.371. The van der Waals surface area contributed by atoms with Gasteiger partial charge in [-0.2, -0.15) is 0 Å². The van der Waals surface area contributed by atoms with Crippen LogP contribution in [0.4, 0.5) is 0 Å². The zero-order chi connectivity index (χ0) is 13.9. The van der Waals surface area contributed by atoms with Gasteiger partial charge < -0.3 is 15.2 Å². The van der Waals surface area contributed by atoms with E-state index >= 15 is 0 Å². The van der Waals surface area contributed by atoms with Crippen LogP contribution in [0.15, 0.2) is 23.6 Å². The number of nitrogens with two attached hydrogens (primary N) is 1. The number of carbonyl (C=O) groups excluding carboxylic acids is 1. The summed E-state index contributed by atoms with van der Waals surface area (Å²) in [6, 6.07) is 5.75. The van der Waals surface area contributed by atoms with E-state index in [9.17, 15) is 4.79 Å². The van der Waals surface area contributed by atoms with Gasteiger partial charge in [-0.25, -0.2) is 4.98 Å². The van der Waals surface area contributed by atoms with Crippen LogP contribution >= 0.6 is 11.3 Å². The SMILES string of the molecule is NC(=O)Cc1nc(-c2ccc3c(c2)OCCCO3)cs1. The number of ether oxygens (including phenoxy) is 2. The van der Waals surface area contributed by atoms with Gasteiger partial charge in [0.2, 0.25) is 5.91 Å². The molecule has 0 fully saturated rings. The molecule has 0 aliphatic carbocycles. The Kier molecular flexibility index (Phi) is 3.56. The van der Waals surface area contributed by atoms with Crippen molar-refractivity contribution >= 4 is 17.2 Å². The zero-order valence-corrected chi connectivity index (χ0v) is 11.6. The average molecular weight is 290 g/mol. The van der Waals surface area contributed by atoms with Crippen LogP contribution in [-0.2, 0) is 11.2 Å². The summed E-state index contributed by atoms with van der Waals surface area (Å²) in [6.07, 6.45) is 1.05. The van der Waals surface area contributed by atoms with Crippen LogP contribution < -0.4 is 15.2 Å². The van der Waals surface area contributed by atoms with Gasteiger partial charge in [0.05, 0.1) is 25.3 Å². The lowest BCUT2D eigenvalue weighted by Gasteiger charge is -2.08. The molecule has 20 heavy (non-hydrogen) atoms. The summed E-state index contributed by atoms with van der Waals surface area (Å²) in [5.41, 5.74) is 6.94. The van der Waals surface area contributed by atoms with Gasteiger partial charge in [0.1, 0.15) is 5.01 Å². The fourth-order valence-electron chi connectivity index (χ4n) is 2.00. The first-order valence-corrected chi connectivity index (χ1v) is 7.23.